The Morgan fingerprint density at radius 1 is 1.12 bits per heavy atom. The lowest BCUT2D eigenvalue weighted by Crippen LogP contribution is -2.38. The van der Waals surface area contributed by atoms with E-state index in [0.717, 1.165) is 28.0 Å². The standard InChI is InChI=1S/C26H27FN2O4/c1-15-12-23(16(2)10-19(15)11-17(3)25(30)29-18(4)26(31)32)22-8-7-20(13-24(22)27)28-14-21-6-5-9-33-21/h5-13,18,28H,14H2,1-4H3,(H,29,30)(H,31,32)/b17-11+/t18-/m1/s1. The second-order valence-corrected chi connectivity index (χ2v) is 8.01. The highest BCUT2D eigenvalue weighted by Gasteiger charge is 2.16. The van der Waals surface area contributed by atoms with Crippen molar-refractivity contribution in [1.29, 1.82) is 0 Å². The van der Waals surface area contributed by atoms with Crippen LogP contribution < -0.4 is 10.6 Å². The fourth-order valence-electron chi connectivity index (χ4n) is 3.40. The summed E-state index contributed by atoms with van der Waals surface area (Å²) < 4.78 is 20.2. The number of hydrogen-bond acceptors (Lipinski definition) is 4. The maximum atomic E-state index is 14.9. The van der Waals surface area contributed by atoms with E-state index in [1.165, 1.54) is 13.0 Å². The van der Waals surface area contributed by atoms with Gasteiger partial charge in [-0.3, -0.25) is 9.59 Å². The van der Waals surface area contributed by atoms with Crippen molar-refractivity contribution < 1.29 is 23.5 Å². The molecule has 2 aromatic carbocycles. The number of carbonyl (C=O) groups is 2. The van der Waals surface area contributed by atoms with Gasteiger partial charge in [-0.1, -0.05) is 12.1 Å². The van der Waals surface area contributed by atoms with Crippen molar-refractivity contribution in [2.45, 2.75) is 40.3 Å². The number of amides is 1. The van der Waals surface area contributed by atoms with Gasteiger partial charge < -0.3 is 20.2 Å². The number of halogens is 1. The van der Waals surface area contributed by atoms with Crippen LogP contribution in [-0.4, -0.2) is 23.0 Å². The van der Waals surface area contributed by atoms with Crippen LogP contribution >= 0.6 is 0 Å². The van der Waals surface area contributed by atoms with E-state index in [1.807, 2.05) is 38.1 Å². The zero-order chi connectivity index (χ0) is 24.1. The molecule has 0 aliphatic carbocycles. The third kappa shape index (κ3) is 5.88. The molecule has 172 valence electrons. The van der Waals surface area contributed by atoms with E-state index in [1.54, 1.807) is 31.4 Å². The van der Waals surface area contributed by atoms with Gasteiger partial charge >= 0.3 is 5.97 Å². The van der Waals surface area contributed by atoms with E-state index < -0.39 is 17.9 Å². The van der Waals surface area contributed by atoms with Crippen LogP contribution in [0.25, 0.3) is 17.2 Å². The van der Waals surface area contributed by atoms with E-state index in [0.29, 0.717) is 23.4 Å². The number of carbonyl (C=O) groups excluding carboxylic acids is 1. The molecular weight excluding hydrogens is 423 g/mol. The topological polar surface area (TPSA) is 91.6 Å². The normalized spacial score (nSPS) is 12.3. The maximum Gasteiger partial charge on any atom is 0.325 e. The van der Waals surface area contributed by atoms with E-state index in [-0.39, 0.29) is 5.82 Å². The van der Waals surface area contributed by atoms with Crippen LogP contribution in [0.5, 0.6) is 0 Å². The highest BCUT2D eigenvalue weighted by atomic mass is 19.1. The fraction of sp³-hybridized carbons (Fsp3) is 0.231. The summed E-state index contributed by atoms with van der Waals surface area (Å²) in [6, 6.07) is 11.5. The largest absolute Gasteiger partial charge is 0.480 e. The Balaban J connectivity index is 1.80. The number of anilines is 1. The summed E-state index contributed by atoms with van der Waals surface area (Å²) in [4.78, 5) is 23.2. The number of carboxylic acid groups (broad SMARTS) is 1. The molecule has 6 nitrogen and oxygen atoms in total. The first-order chi connectivity index (χ1) is 15.7. The van der Waals surface area contributed by atoms with Crippen molar-refractivity contribution in [2.24, 2.45) is 0 Å². The number of nitrogens with one attached hydrogen (secondary N) is 2. The summed E-state index contributed by atoms with van der Waals surface area (Å²) in [5.74, 6) is -1.13. The molecule has 7 heteroatoms. The molecular formula is C26H27FN2O4. The van der Waals surface area contributed by atoms with E-state index in [2.05, 4.69) is 10.6 Å². The minimum atomic E-state index is -1.10. The summed E-state index contributed by atoms with van der Waals surface area (Å²) >= 11 is 0. The van der Waals surface area contributed by atoms with Gasteiger partial charge in [0.2, 0.25) is 5.91 Å². The lowest BCUT2D eigenvalue weighted by molar-refractivity contribution is -0.140. The number of carboxylic acids is 1. The van der Waals surface area contributed by atoms with Crippen LogP contribution in [-0.2, 0) is 16.1 Å². The van der Waals surface area contributed by atoms with Crippen molar-refractivity contribution in [1.82, 2.24) is 5.32 Å². The van der Waals surface area contributed by atoms with Crippen molar-refractivity contribution in [3.05, 3.63) is 82.6 Å². The summed E-state index contributed by atoms with van der Waals surface area (Å²) in [7, 11) is 0. The first-order valence-corrected chi connectivity index (χ1v) is 10.5. The number of aryl methyl sites for hydroxylation is 2. The smallest absolute Gasteiger partial charge is 0.325 e. The quantitative estimate of drug-likeness (QED) is 0.405. The van der Waals surface area contributed by atoms with Crippen molar-refractivity contribution in [3.8, 4) is 11.1 Å². The predicted molar refractivity (Wildman–Crippen MR) is 126 cm³/mol. The highest BCUT2D eigenvalue weighted by molar-refractivity contribution is 5.99. The van der Waals surface area contributed by atoms with Crippen LogP contribution in [0.2, 0.25) is 0 Å². The van der Waals surface area contributed by atoms with Crippen molar-refractivity contribution in [2.75, 3.05) is 5.32 Å². The summed E-state index contributed by atoms with van der Waals surface area (Å²) in [6.07, 6.45) is 3.29. The maximum absolute atomic E-state index is 14.9. The monoisotopic (exact) mass is 450 g/mol. The zero-order valence-corrected chi connectivity index (χ0v) is 19.0. The van der Waals surface area contributed by atoms with Gasteiger partial charge in [0.25, 0.3) is 0 Å². The van der Waals surface area contributed by atoms with Crippen LogP contribution in [0.1, 0.15) is 36.3 Å². The average Bonchev–Trinajstić information content (AvgIpc) is 3.28. The second kappa shape index (κ2) is 10.2. The second-order valence-electron chi connectivity index (χ2n) is 8.01. The first-order valence-electron chi connectivity index (χ1n) is 10.5. The third-order valence-electron chi connectivity index (χ3n) is 5.37. The molecule has 0 saturated heterocycles. The average molecular weight is 451 g/mol. The first kappa shape index (κ1) is 23.8. The van der Waals surface area contributed by atoms with Gasteiger partial charge in [0.1, 0.15) is 17.6 Å². The van der Waals surface area contributed by atoms with Gasteiger partial charge in [0, 0.05) is 16.8 Å². The van der Waals surface area contributed by atoms with E-state index >= 15 is 0 Å². The van der Waals surface area contributed by atoms with Crippen LogP contribution in [0.4, 0.5) is 10.1 Å². The Hall–Kier alpha value is -3.87. The number of benzene rings is 2. The predicted octanol–water partition coefficient (Wildman–Crippen LogP) is 5.31. The third-order valence-corrected chi connectivity index (χ3v) is 5.37. The SMILES string of the molecule is C/C(=C\c1cc(C)c(-c2ccc(NCc3ccco3)cc2F)cc1C)C(=O)N[C@H](C)C(=O)O. The molecule has 0 unspecified atom stereocenters. The van der Waals surface area contributed by atoms with Gasteiger partial charge in [-0.15, -0.1) is 0 Å². The molecule has 0 aliphatic heterocycles. The fourth-order valence-corrected chi connectivity index (χ4v) is 3.40. The highest BCUT2D eigenvalue weighted by Crippen LogP contribution is 2.31. The lowest BCUT2D eigenvalue weighted by Gasteiger charge is -2.14. The zero-order valence-electron chi connectivity index (χ0n) is 19.0. The summed E-state index contributed by atoms with van der Waals surface area (Å²) in [5.41, 5.74) is 4.82. The molecule has 0 aliphatic rings. The van der Waals surface area contributed by atoms with Gasteiger partial charge in [0.15, 0.2) is 0 Å². The molecule has 1 atom stereocenters. The van der Waals surface area contributed by atoms with Gasteiger partial charge in [0.05, 0.1) is 12.8 Å². The molecule has 33 heavy (non-hydrogen) atoms. The molecule has 3 N–H and O–H groups in total. The minimum Gasteiger partial charge on any atom is -0.480 e. The number of aliphatic carboxylic acids is 1. The molecule has 1 heterocycles. The molecule has 0 spiro atoms. The van der Waals surface area contributed by atoms with E-state index in [4.69, 9.17) is 9.52 Å². The lowest BCUT2D eigenvalue weighted by atomic mass is 9.93. The van der Waals surface area contributed by atoms with Gasteiger partial charge in [-0.2, -0.15) is 0 Å². The number of hydrogen-bond donors (Lipinski definition) is 3. The van der Waals surface area contributed by atoms with Crippen LogP contribution in [0.3, 0.4) is 0 Å². The Kier molecular flexibility index (Phi) is 7.33. The molecule has 3 rings (SSSR count). The van der Waals surface area contributed by atoms with Crippen molar-refractivity contribution in [3.63, 3.8) is 0 Å². The molecule has 0 saturated carbocycles. The Labute approximate surface area is 192 Å². The Bertz CT molecular complexity index is 1200. The van der Waals surface area contributed by atoms with E-state index in [9.17, 15) is 14.0 Å². The van der Waals surface area contributed by atoms with Crippen LogP contribution in [0.15, 0.2) is 58.7 Å². The molecule has 3 aromatic rings. The number of furan rings is 1. The molecule has 0 bridgehead atoms. The van der Waals surface area contributed by atoms with Gasteiger partial charge in [-0.25, -0.2) is 4.39 Å². The Morgan fingerprint density at radius 3 is 2.52 bits per heavy atom. The molecule has 1 aromatic heterocycles. The minimum absolute atomic E-state index is 0.344. The van der Waals surface area contributed by atoms with Gasteiger partial charge in [-0.05, 0) is 86.4 Å². The van der Waals surface area contributed by atoms with Crippen molar-refractivity contribution >= 4 is 23.6 Å². The summed E-state index contributed by atoms with van der Waals surface area (Å²) in [6.45, 7) is 7.27. The Morgan fingerprint density at radius 2 is 1.88 bits per heavy atom. The van der Waals surface area contributed by atoms with Crippen LogP contribution in [0, 0.1) is 19.7 Å². The number of rotatable bonds is 8. The molecule has 0 fully saturated rings. The molecule has 0 radical (unpaired) electrons. The summed E-state index contributed by atoms with van der Waals surface area (Å²) in [5, 5.41) is 14.5. The molecule has 1 amide bonds.